The lowest BCUT2D eigenvalue weighted by molar-refractivity contribution is -0.141. The number of aromatic nitrogens is 1. The Bertz CT molecular complexity index is 731. The summed E-state index contributed by atoms with van der Waals surface area (Å²) in [5.74, 6) is 0. The average Bonchev–Trinajstić information content (AvgIpc) is 2.52. The number of nitrogens with zero attached hydrogens (tertiary/aromatic N) is 2. The molecule has 0 aromatic carbocycles. The van der Waals surface area contributed by atoms with Gasteiger partial charge in [0.1, 0.15) is 5.60 Å². The minimum atomic E-state index is -4.52. The van der Waals surface area contributed by atoms with Gasteiger partial charge in [0.25, 0.3) is 0 Å². The van der Waals surface area contributed by atoms with E-state index in [9.17, 15) is 18.0 Å². The molecule has 7 heteroatoms. The number of rotatable bonds is 2. The molecule has 26 heavy (non-hydrogen) atoms. The van der Waals surface area contributed by atoms with Crippen molar-refractivity contribution >= 4 is 11.7 Å². The van der Waals surface area contributed by atoms with Crippen LogP contribution in [0.4, 0.5) is 18.0 Å². The summed E-state index contributed by atoms with van der Waals surface area (Å²) in [4.78, 5) is 17.2. The van der Waals surface area contributed by atoms with E-state index in [1.807, 2.05) is 6.08 Å². The smallest absolute Gasteiger partial charge is 0.433 e. The largest absolute Gasteiger partial charge is 0.444 e. The Morgan fingerprint density at radius 2 is 2.00 bits per heavy atom. The molecule has 1 aromatic heterocycles. The maximum atomic E-state index is 13.1. The van der Waals surface area contributed by atoms with Crippen molar-refractivity contribution in [3.63, 3.8) is 0 Å². The third kappa shape index (κ3) is 5.34. The lowest BCUT2D eigenvalue weighted by Crippen LogP contribution is -2.39. The first-order chi connectivity index (χ1) is 12.0. The van der Waals surface area contributed by atoms with Crippen LogP contribution in [0.25, 0.3) is 5.57 Å². The van der Waals surface area contributed by atoms with Crippen molar-refractivity contribution in [1.82, 2.24) is 9.88 Å². The summed E-state index contributed by atoms with van der Waals surface area (Å²) in [5, 5.41) is 0. The third-order valence-electron chi connectivity index (χ3n) is 3.73. The first-order valence-electron chi connectivity index (χ1n) is 8.35. The SMILES string of the molecule is CC(=CC1=CCCN(C(=O)OC(C)(C)C)C1)c1cccnc1C(F)(F)F. The fourth-order valence-corrected chi connectivity index (χ4v) is 2.66. The molecule has 2 rings (SSSR count). The molecule has 2 heterocycles. The summed E-state index contributed by atoms with van der Waals surface area (Å²) in [6.07, 6.45) is 0.402. The van der Waals surface area contributed by atoms with Crippen LogP contribution < -0.4 is 0 Å². The molecule has 0 radical (unpaired) electrons. The summed E-state index contributed by atoms with van der Waals surface area (Å²) >= 11 is 0. The molecule has 0 bridgehead atoms. The molecule has 0 unspecified atom stereocenters. The Kier molecular flexibility index (Phi) is 5.78. The summed E-state index contributed by atoms with van der Waals surface area (Å²) in [6, 6.07) is 2.88. The van der Waals surface area contributed by atoms with E-state index in [2.05, 4.69) is 4.98 Å². The van der Waals surface area contributed by atoms with E-state index in [0.717, 1.165) is 11.8 Å². The molecule has 0 saturated heterocycles. The Labute approximate surface area is 151 Å². The van der Waals surface area contributed by atoms with Gasteiger partial charge in [-0.05, 0) is 51.3 Å². The summed E-state index contributed by atoms with van der Waals surface area (Å²) in [7, 11) is 0. The zero-order valence-corrected chi connectivity index (χ0v) is 15.4. The van der Waals surface area contributed by atoms with Crippen LogP contribution in [0.2, 0.25) is 0 Å². The Hall–Kier alpha value is -2.31. The lowest BCUT2D eigenvalue weighted by Gasteiger charge is -2.29. The molecule has 0 saturated carbocycles. The molecule has 1 aliphatic heterocycles. The highest BCUT2D eigenvalue weighted by Crippen LogP contribution is 2.33. The molecule has 0 spiro atoms. The van der Waals surface area contributed by atoms with Gasteiger partial charge in [0.2, 0.25) is 0 Å². The highest BCUT2D eigenvalue weighted by molar-refractivity contribution is 5.71. The van der Waals surface area contributed by atoms with Crippen LogP contribution in [0, 0.1) is 0 Å². The molecule has 0 N–H and O–H groups in total. The second kappa shape index (κ2) is 7.51. The van der Waals surface area contributed by atoms with Crippen LogP contribution in [0.5, 0.6) is 0 Å². The monoisotopic (exact) mass is 368 g/mol. The van der Waals surface area contributed by atoms with E-state index < -0.39 is 23.6 Å². The fraction of sp³-hybridized carbons (Fsp3) is 0.474. The average molecular weight is 368 g/mol. The molecular formula is C19H23F3N2O2. The van der Waals surface area contributed by atoms with E-state index in [1.54, 1.807) is 38.7 Å². The second-order valence-electron chi connectivity index (χ2n) is 7.19. The fourth-order valence-electron chi connectivity index (χ4n) is 2.66. The van der Waals surface area contributed by atoms with Crippen LogP contribution in [0.3, 0.4) is 0 Å². The standard InChI is InChI=1S/C19H23F3N2O2/c1-13(15-8-5-9-23-16(15)19(20,21)22)11-14-7-6-10-24(12-14)17(25)26-18(2,3)4/h5,7-9,11H,6,10,12H2,1-4H3. The second-order valence-corrected chi connectivity index (χ2v) is 7.19. The first-order valence-corrected chi connectivity index (χ1v) is 8.35. The number of carbonyl (C=O) groups excluding carboxylic acids is 1. The number of hydrogen-bond acceptors (Lipinski definition) is 3. The quantitative estimate of drug-likeness (QED) is 0.732. The molecule has 1 aliphatic rings. The van der Waals surface area contributed by atoms with Crippen molar-refractivity contribution in [3.05, 3.63) is 47.3 Å². The van der Waals surface area contributed by atoms with Crippen LogP contribution >= 0.6 is 0 Å². The zero-order chi connectivity index (χ0) is 19.5. The maximum absolute atomic E-state index is 13.1. The van der Waals surface area contributed by atoms with Gasteiger partial charge in [-0.25, -0.2) is 4.79 Å². The van der Waals surface area contributed by atoms with Crippen LogP contribution in [-0.2, 0) is 10.9 Å². The van der Waals surface area contributed by atoms with Crippen LogP contribution in [-0.4, -0.2) is 34.7 Å². The molecular weight excluding hydrogens is 345 g/mol. The Morgan fingerprint density at radius 1 is 1.31 bits per heavy atom. The van der Waals surface area contributed by atoms with E-state index >= 15 is 0 Å². The number of amides is 1. The number of hydrogen-bond donors (Lipinski definition) is 0. The van der Waals surface area contributed by atoms with Crippen molar-refractivity contribution < 1.29 is 22.7 Å². The maximum Gasteiger partial charge on any atom is 0.433 e. The number of halogens is 3. The molecule has 0 atom stereocenters. The molecule has 0 aliphatic carbocycles. The summed E-state index contributed by atoms with van der Waals surface area (Å²) < 4.78 is 44.8. The van der Waals surface area contributed by atoms with E-state index in [0.29, 0.717) is 25.1 Å². The van der Waals surface area contributed by atoms with E-state index in [1.165, 1.54) is 12.1 Å². The number of ether oxygens (including phenoxy) is 1. The van der Waals surface area contributed by atoms with Crippen molar-refractivity contribution in [2.45, 2.75) is 45.9 Å². The molecule has 1 amide bonds. The summed E-state index contributed by atoms with van der Waals surface area (Å²) in [6.45, 7) is 7.80. The molecule has 0 fully saturated rings. The topological polar surface area (TPSA) is 42.4 Å². The number of allylic oxidation sites excluding steroid dienone is 1. The summed E-state index contributed by atoms with van der Waals surface area (Å²) in [5.41, 5.74) is -0.245. The van der Waals surface area contributed by atoms with Crippen molar-refractivity contribution in [2.24, 2.45) is 0 Å². The molecule has 142 valence electrons. The molecule has 1 aromatic rings. The number of carbonyl (C=O) groups is 1. The highest BCUT2D eigenvalue weighted by Gasteiger charge is 2.35. The van der Waals surface area contributed by atoms with E-state index in [4.69, 9.17) is 4.74 Å². The third-order valence-corrected chi connectivity index (χ3v) is 3.73. The zero-order valence-electron chi connectivity index (χ0n) is 15.4. The normalized spacial score (nSPS) is 16.3. The van der Waals surface area contributed by atoms with Crippen LogP contribution in [0.15, 0.2) is 36.1 Å². The van der Waals surface area contributed by atoms with Gasteiger partial charge in [0.15, 0.2) is 5.69 Å². The van der Waals surface area contributed by atoms with Crippen LogP contribution in [0.1, 0.15) is 45.4 Å². The van der Waals surface area contributed by atoms with Gasteiger partial charge in [-0.15, -0.1) is 0 Å². The van der Waals surface area contributed by atoms with Gasteiger partial charge < -0.3 is 9.64 Å². The predicted molar refractivity (Wildman–Crippen MR) is 93.4 cm³/mol. The molecule has 4 nitrogen and oxygen atoms in total. The number of pyridine rings is 1. The highest BCUT2D eigenvalue weighted by atomic mass is 19.4. The van der Waals surface area contributed by atoms with Crippen molar-refractivity contribution in [2.75, 3.05) is 13.1 Å². The van der Waals surface area contributed by atoms with Gasteiger partial charge in [-0.3, -0.25) is 4.98 Å². The van der Waals surface area contributed by atoms with Gasteiger partial charge >= 0.3 is 12.3 Å². The minimum Gasteiger partial charge on any atom is -0.444 e. The predicted octanol–water partition coefficient (Wildman–Crippen LogP) is 5.07. The lowest BCUT2D eigenvalue weighted by atomic mass is 10.0. The number of alkyl halides is 3. The minimum absolute atomic E-state index is 0.0373. The Morgan fingerprint density at radius 3 is 2.62 bits per heavy atom. The first kappa shape index (κ1) is 20.0. The van der Waals surface area contributed by atoms with Gasteiger partial charge in [-0.2, -0.15) is 13.2 Å². The Balaban J connectivity index is 2.20. The van der Waals surface area contributed by atoms with E-state index in [-0.39, 0.29) is 5.56 Å². The van der Waals surface area contributed by atoms with Crippen molar-refractivity contribution in [1.29, 1.82) is 0 Å². The van der Waals surface area contributed by atoms with Gasteiger partial charge in [0, 0.05) is 24.8 Å². The van der Waals surface area contributed by atoms with Gasteiger partial charge in [-0.1, -0.05) is 18.2 Å². The van der Waals surface area contributed by atoms with Gasteiger partial charge in [0.05, 0.1) is 0 Å². The van der Waals surface area contributed by atoms with Crippen molar-refractivity contribution in [3.8, 4) is 0 Å².